The van der Waals surface area contributed by atoms with Gasteiger partial charge in [0.15, 0.2) is 17.3 Å². The van der Waals surface area contributed by atoms with Gasteiger partial charge in [0.2, 0.25) is 12.7 Å². The summed E-state index contributed by atoms with van der Waals surface area (Å²) in [6.45, 7) is 2.12. The van der Waals surface area contributed by atoms with Crippen molar-refractivity contribution in [2.24, 2.45) is 0 Å². The second-order valence-corrected chi connectivity index (χ2v) is 6.93. The number of thioether (sulfide) groups is 1. The summed E-state index contributed by atoms with van der Waals surface area (Å²) in [4.78, 5) is 25.5. The number of ether oxygens (including phenoxy) is 2. The quantitative estimate of drug-likeness (QED) is 0.589. The number of amides is 1. The summed E-state index contributed by atoms with van der Waals surface area (Å²) in [5.41, 5.74) is 1.57. The Morgan fingerprint density at radius 2 is 1.81 bits per heavy atom. The first kappa shape index (κ1) is 18.3. The third kappa shape index (κ3) is 4.38. The summed E-state index contributed by atoms with van der Waals surface area (Å²) in [6, 6.07) is 12.9. The summed E-state index contributed by atoms with van der Waals surface area (Å²) in [5, 5.41) is 2.92. The zero-order valence-corrected chi connectivity index (χ0v) is 15.6. The Labute approximate surface area is 157 Å². The minimum atomic E-state index is -0.173. The van der Waals surface area contributed by atoms with Crippen LogP contribution in [0.15, 0.2) is 47.4 Å². The van der Waals surface area contributed by atoms with E-state index in [-0.39, 0.29) is 37.4 Å². The predicted octanol–water partition coefficient (Wildman–Crippen LogP) is 3.98. The van der Waals surface area contributed by atoms with Gasteiger partial charge in [0.25, 0.3) is 0 Å². The molecule has 2 aromatic rings. The molecule has 1 aliphatic rings. The Kier molecular flexibility index (Phi) is 5.83. The Morgan fingerprint density at radius 1 is 1.08 bits per heavy atom. The highest BCUT2D eigenvalue weighted by atomic mass is 32.2. The van der Waals surface area contributed by atoms with Gasteiger partial charge in [-0.25, -0.2) is 0 Å². The second-order valence-electron chi connectivity index (χ2n) is 6.05. The van der Waals surface area contributed by atoms with Gasteiger partial charge in [0.05, 0.1) is 6.04 Å². The Morgan fingerprint density at radius 3 is 2.54 bits per heavy atom. The number of carbonyl (C=O) groups is 2. The van der Waals surface area contributed by atoms with Gasteiger partial charge in [0, 0.05) is 23.3 Å². The average molecular weight is 371 g/mol. The Balaban J connectivity index is 1.51. The van der Waals surface area contributed by atoms with Crippen molar-refractivity contribution in [1.29, 1.82) is 0 Å². The highest BCUT2D eigenvalue weighted by molar-refractivity contribution is 7.98. The molecular weight excluding hydrogens is 350 g/mol. The van der Waals surface area contributed by atoms with Crippen LogP contribution in [0, 0.1) is 0 Å². The molecule has 0 saturated carbocycles. The van der Waals surface area contributed by atoms with Crippen LogP contribution in [0.1, 0.15) is 41.7 Å². The van der Waals surface area contributed by atoms with Crippen LogP contribution in [0.4, 0.5) is 0 Å². The number of hydrogen-bond acceptors (Lipinski definition) is 5. The molecule has 0 saturated heterocycles. The lowest BCUT2D eigenvalue weighted by Crippen LogP contribution is -2.26. The van der Waals surface area contributed by atoms with Gasteiger partial charge in [-0.05, 0) is 43.0 Å². The average Bonchev–Trinajstić information content (AvgIpc) is 3.14. The molecule has 1 heterocycles. The number of nitrogens with one attached hydrogen (secondary N) is 1. The maximum Gasteiger partial charge on any atom is 0.231 e. The van der Waals surface area contributed by atoms with Crippen molar-refractivity contribution in [3.63, 3.8) is 0 Å². The van der Waals surface area contributed by atoms with Crippen LogP contribution >= 0.6 is 11.8 Å². The number of rotatable bonds is 7. The lowest BCUT2D eigenvalue weighted by molar-refractivity contribution is -0.121. The van der Waals surface area contributed by atoms with E-state index in [0.29, 0.717) is 17.1 Å². The van der Waals surface area contributed by atoms with E-state index >= 15 is 0 Å². The molecule has 2 aromatic carbocycles. The fraction of sp³-hybridized carbons (Fsp3) is 0.300. The van der Waals surface area contributed by atoms with E-state index in [1.807, 2.05) is 43.5 Å². The van der Waals surface area contributed by atoms with Crippen LogP contribution in [0.3, 0.4) is 0 Å². The third-order valence-corrected chi connectivity index (χ3v) is 5.01. The first-order valence-electron chi connectivity index (χ1n) is 8.43. The zero-order valence-electron chi connectivity index (χ0n) is 14.8. The molecule has 0 aliphatic carbocycles. The number of Topliss-reactive ketones (excluding diaryl/α,β-unsaturated/α-hetero) is 1. The number of carbonyl (C=O) groups excluding carboxylic acids is 2. The second kappa shape index (κ2) is 8.27. The predicted molar refractivity (Wildman–Crippen MR) is 101 cm³/mol. The number of benzene rings is 2. The molecule has 0 bridgehead atoms. The SMILES string of the molecule is CSc1ccc(C(=O)CCC(=O)N[C@H](C)c2ccc3c(c2)OCO3)cc1. The molecule has 136 valence electrons. The Hall–Kier alpha value is -2.47. The number of ketones is 1. The zero-order chi connectivity index (χ0) is 18.5. The van der Waals surface area contributed by atoms with E-state index in [2.05, 4.69) is 5.32 Å². The first-order valence-corrected chi connectivity index (χ1v) is 9.65. The molecule has 26 heavy (non-hydrogen) atoms. The van der Waals surface area contributed by atoms with Crippen molar-refractivity contribution < 1.29 is 19.1 Å². The summed E-state index contributed by atoms with van der Waals surface area (Å²) in [7, 11) is 0. The first-order chi connectivity index (χ1) is 12.6. The van der Waals surface area contributed by atoms with E-state index in [4.69, 9.17) is 9.47 Å². The molecule has 1 atom stereocenters. The van der Waals surface area contributed by atoms with Crippen molar-refractivity contribution in [1.82, 2.24) is 5.32 Å². The molecule has 6 heteroatoms. The smallest absolute Gasteiger partial charge is 0.231 e. The van der Waals surface area contributed by atoms with Crippen molar-refractivity contribution in [2.45, 2.75) is 30.7 Å². The number of hydrogen-bond donors (Lipinski definition) is 1. The van der Waals surface area contributed by atoms with E-state index in [0.717, 1.165) is 10.5 Å². The lowest BCUT2D eigenvalue weighted by atomic mass is 10.1. The van der Waals surface area contributed by atoms with Crippen LogP contribution in [0.25, 0.3) is 0 Å². The standard InChI is InChI=1S/C20H21NO4S/c1-13(15-5-9-18-19(11-15)25-12-24-18)21-20(23)10-8-17(22)14-3-6-16(26-2)7-4-14/h3-7,9,11,13H,8,10,12H2,1-2H3,(H,21,23)/t13-/m1/s1. The summed E-state index contributed by atoms with van der Waals surface area (Å²) in [6.07, 6.45) is 2.35. The van der Waals surface area contributed by atoms with Crippen molar-refractivity contribution >= 4 is 23.5 Å². The van der Waals surface area contributed by atoms with E-state index < -0.39 is 0 Å². The molecule has 0 unspecified atom stereocenters. The summed E-state index contributed by atoms with van der Waals surface area (Å²) < 4.78 is 10.6. The van der Waals surface area contributed by atoms with Gasteiger partial charge >= 0.3 is 0 Å². The van der Waals surface area contributed by atoms with Crippen LogP contribution in [0.2, 0.25) is 0 Å². The lowest BCUT2D eigenvalue weighted by Gasteiger charge is -2.14. The van der Waals surface area contributed by atoms with Crippen LogP contribution < -0.4 is 14.8 Å². The number of fused-ring (bicyclic) bond motifs is 1. The molecule has 1 amide bonds. The third-order valence-electron chi connectivity index (χ3n) is 4.27. The van der Waals surface area contributed by atoms with Crippen molar-refractivity contribution in [3.8, 4) is 11.5 Å². The topological polar surface area (TPSA) is 64.6 Å². The van der Waals surface area contributed by atoms with Gasteiger partial charge in [-0.2, -0.15) is 0 Å². The summed E-state index contributed by atoms with van der Waals surface area (Å²) >= 11 is 1.63. The van der Waals surface area contributed by atoms with Crippen LogP contribution in [-0.4, -0.2) is 24.7 Å². The molecule has 0 fully saturated rings. The summed E-state index contributed by atoms with van der Waals surface area (Å²) in [5.74, 6) is 1.23. The largest absolute Gasteiger partial charge is 0.454 e. The highest BCUT2D eigenvalue weighted by Gasteiger charge is 2.17. The normalized spacial score (nSPS) is 13.3. The maximum atomic E-state index is 12.2. The fourth-order valence-corrected chi connectivity index (χ4v) is 3.14. The van der Waals surface area contributed by atoms with Gasteiger partial charge in [-0.1, -0.05) is 18.2 Å². The van der Waals surface area contributed by atoms with E-state index in [1.54, 1.807) is 23.9 Å². The molecule has 0 spiro atoms. The monoisotopic (exact) mass is 371 g/mol. The Bertz CT molecular complexity index is 804. The molecule has 0 radical (unpaired) electrons. The van der Waals surface area contributed by atoms with Gasteiger partial charge in [-0.3, -0.25) is 9.59 Å². The van der Waals surface area contributed by atoms with Gasteiger partial charge in [-0.15, -0.1) is 11.8 Å². The van der Waals surface area contributed by atoms with Crippen molar-refractivity contribution in [3.05, 3.63) is 53.6 Å². The minimum Gasteiger partial charge on any atom is -0.454 e. The van der Waals surface area contributed by atoms with Crippen LogP contribution in [-0.2, 0) is 4.79 Å². The van der Waals surface area contributed by atoms with E-state index in [9.17, 15) is 9.59 Å². The molecular formula is C20H21NO4S. The van der Waals surface area contributed by atoms with Gasteiger partial charge in [0.1, 0.15) is 0 Å². The fourth-order valence-electron chi connectivity index (χ4n) is 2.73. The minimum absolute atomic E-state index is 0.0245. The molecule has 5 nitrogen and oxygen atoms in total. The molecule has 0 aromatic heterocycles. The van der Waals surface area contributed by atoms with Crippen molar-refractivity contribution in [2.75, 3.05) is 13.0 Å². The van der Waals surface area contributed by atoms with Gasteiger partial charge < -0.3 is 14.8 Å². The molecule has 1 N–H and O–H groups in total. The van der Waals surface area contributed by atoms with E-state index in [1.165, 1.54) is 0 Å². The van der Waals surface area contributed by atoms with Crippen LogP contribution in [0.5, 0.6) is 11.5 Å². The highest BCUT2D eigenvalue weighted by Crippen LogP contribution is 2.34. The molecule has 3 rings (SSSR count). The molecule has 1 aliphatic heterocycles. The maximum absolute atomic E-state index is 12.2.